The van der Waals surface area contributed by atoms with E-state index in [1.54, 1.807) is 5.32 Å². The normalized spacial score (nSPS) is 11.3. The predicted octanol–water partition coefficient (Wildman–Crippen LogP) is 5.73. The zero-order chi connectivity index (χ0) is 20.5. The fraction of sp³-hybridized carbons (Fsp3) is 0.133. The van der Waals surface area contributed by atoms with Crippen molar-refractivity contribution >= 4 is 40.3 Å². The van der Waals surface area contributed by atoms with Gasteiger partial charge in [-0.2, -0.15) is 13.2 Å². The van der Waals surface area contributed by atoms with Crippen LogP contribution in [-0.4, -0.2) is 12.2 Å². The van der Waals surface area contributed by atoms with Crippen molar-refractivity contribution in [3.05, 3.63) is 52.1 Å². The molecule has 0 atom stereocenters. The van der Waals surface area contributed by atoms with E-state index in [1.165, 1.54) is 25.3 Å². The number of nitrogens with one attached hydrogen (secondary N) is 2. The lowest BCUT2D eigenvalue weighted by atomic mass is 10.1. The maximum atomic E-state index is 13.9. The Morgan fingerprint density at radius 3 is 2.04 bits per heavy atom. The molecule has 12 heteroatoms. The van der Waals surface area contributed by atoms with E-state index in [0.29, 0.717) is 0 Å². The molecule has 0 aliphatic heterocycles. The lowest BCUT2D eigenvalue weighted by molar-refractivity contribution is -0.143. The number of ether oxygens (including phenoxy) is 1. The first-order valence-corrected chi connectivity index (χ1v) is 7.60. The summed E-state index contributed by atoms with van der Waals surface area (Å²) in [5, 5.41) is 3.82. The fourth-order valence-corrected chi connectivity index (χ4v) is 2.42. The monoisotopic (exact) mass is 432 g/mol. The highest BCUT2D eigenvalue weighted by molar-refractivity contribution is 7.80. The summed E-state index contributed by atoms with van der Waals surface area (Å²) in [6, 6.07) is 4.20. The zero-order valence-corrected chi connectivity index (χ0v) is 14.6. The topological polar surface area (TPSA) is 33.3 Å². The molecule has 3 nitrogen and oxygen atoms in total. The van der Waals surface area contributed by atoms with Crippen molar-refractivity contribution in [2.45, 2.75) is 6.18 Å². The Morgan fingerprint density at radius 1 is 1.00 bits per heavy atom. The molecule has 146 valence electrons. The molecule has 0 amide bonds. The highest BCUT2D eigenvalue weighted by Gasteiger charge is 2.42. The van der Waals surface area contributed by atoms with Crippen LogP contribution in [0.25, 0.3) is 0 Å². The molecule has 0 aliphatic rings. The molecule has 2 N–H and O–H groups in total. The van der Waals surface area contributed by atoms with Crippen LogP contribution >= 0.6 is 23.8 Å². The third kappa shape index (κ3) is 4.35. The van der Waals surface area contributed by atoms with Crippen LogP contribution in [0.2, 0.25) is 5.02 Å². The minimum Gasteiger partial charge on any atom is -0.495 e. The first-order valence-electron chi connectivity index (χ1n) is 6.82. The molecular weight excluding hydrogens is 425 g/mol. The van der Waals surface area contributed by atoms with E-state index in [1.807, 2.05) is 0 Å². The van der Waals surface area contributed by atoms with Crippen molar-refractivity contribution in [3.63, 3.8) is 0 Å². The third-order valence-electron chi connectivity index (χ3n) is 3.20. The van der Waals surface area contributed by atoms with E-state index in [2.05, 4.69) is 5.32 Å². The summed E-state index contributed by atoms with van der Waals surface area (Å²) in [5.74, 6) is -9.58. The van der Waals surface area contributed by atoms with Gasteiger partial charge in [0.15, 0.2) is 28.4 Å². The number of alkyl halides is 3. The largest absolute Gasteiger partial charge is 0.495 e. The molecule has 0 bridgehead atoms. The highest BCUT2D eigenvalue weighted by atomic mass is 35.5. The van der Waals surface area contributed by atoms with Gasteiger partial charge in [-0.15, -0.1) is 0 Å². The smallest absolute Gasteiger partial charge is 0.422 e. The molecule has 0 spiro atoms. The molecule has 2 aromatic carbocycles. The van der Waals surface area contributed by atoms with Crippen LogP contribution in [0.15, 0.2) is 18.2 Å². The van der Waals surface area contributed by atoms with Crippen molar-refractivity contribution in [3.8, 4) is 5.75 Å². The summed E-state index contributed by atoms with van der Waals surface area (Å²) in [6.07, 6.45) is -5.64. The second-order valence-corrected chi connectivity index (χ2v) is 5.77. The van der Waals surface area contributed by atoms with E-state index < -0.39 is 45.8 Å². The second-order valence-electron chi connectivity index (χ2n) is 4.93. The standard InChI is InChI=1S/C15H8ClF7N2OS/c1-26-7-3-2-5(16)4-6(7)24-14(27)25-13-11(19)9(17)8(15(21,22)23)10(18)12(13)20/h2-4H,1H3,(H2,24,25,27). The Hall–Kier alpha value is -2.27. The summed E-state index contributed by atoms with van der Waals surface area (Å²) in [4.78, 5) is 0. The summed E-state index contributed by atoms with van der Waals surface area (Å²) >= 11 is 10.5. The van der Waals surface area contributed by atoms with Gasteiger partial charge >= 0.3 is 6.18 Å². The lowest BCUT2D eigenvalue weighted by Crippen LogP contribution is -2.23. The minimum absolute atomic E-state index is 0.121. The summed E-state index contributed by atoms with van der Waals surface area (Å²) in [6.45, 7) is 0. The van der Waals surface area contributed by atoms with Crippen molar-refractivity contribution in [2.24, 2.45) is 0 Å². The van der Waals surface area contributed by atoms with Crippen LogP contribution in [0.4, 0.5) is 42.1 Å². The van der Waals surface area contributed by atoms with Gasteiger partial charge < -0.3 is 15.4 Å². The number of halogens is 8. The molecule has 0 saturated heterocycles. The number of thiocarbonyl (C=S) groups is 1. The van der Waals surface area contributed by atoms with Crippen molar-refractivity contribution in [1.82, 2.24) is 0 Å². The number of hydrogen-bond donors (Lipinski definition) is 2. The summed E-state index contributed by atoms with van der Waals surface area (Å²) in [7, 11) is 1.30. The minimum atomic E-state index is -5.64. The Labute approximate surface area is 158 Å². The molecule has 0 fully saturated rings. The first-order chi connectivity index (χ1) is 12.5. The summed E-state index contributed by atoms with van der Waals surface area (Å²) in [5.41, 5.74) is -4.09. The number of benzene rings is 2. The fourth-order valence-electron chi connectivity index (χ4n) is 2.04. The van der Waals surface area contributed by atoms with Gasteiger partial charge in [0.05, 0.1) is 12.8 Å². The molecule has 0 saturated carbocycles. The van der Waals surface area contributed by atoms with Crippen LogP contribution < -0.4 is 15.4 Å². The van der Waals surface area contributed by atoms with E-state index in [9.17, 15) is 30.7 Å². The van der Waals surface area contributed by atoms with Gasteiger partial charge in [0.25, 0.3) is 0 Å². The maximum Gasteiger partial charge on any atom is 0.422 e. The van der Waals surface area contributed by atoms with Gasteiger partial charge in [-0.05, 0) is 30.4 Å². The van der Waals surface area contributed by atoms with Gasteiger partial charge in [-0.3, -0.25) is 0 Å². The molecule has 2 aromatic rings. The second kappa shape index (κ2) is 7.77. The lowest BCUT2D eigenvalue weighted by Gasteiger charge is -2.17. The van der Waals surface area contributed by atoms with Crippen molar-refractivity contribution in [2.75, 3.05) is 17.7 Å². The predicted molar refractivity (Wildman–Crippen MR) is 89.1 cm³/mol. The Morgan fingerprint density at radius 2 is 1.56 bits per heavy atom. The van der Waals surface area contributed by atoms with Crippen LogP contribution in [0.5, 0.6) is 5.75 Å². The Balaban J connectivity index is 2.38. The van der Waals surface area contributed by atoms with Crippen LogP contribution in [0.1, 0.15) is 5.56 Å². The average molecular weight is 433 g/mol. The zero-order valence-electron chi connectivity index (χ0n) is 13.1. The average Bonchev–Trinajstić information content (AvgIpc) is 2.56. The Kier molecular flexibility index (Phi) is 6.05. The molecule has 0 radical (unpaired) electrons. The number of anilines is 2. The van der Waals surface area contributed by atoms with Crippen molar-refractivity contribution < 1.29 is 35.5 Å². The molecular formula is C15H8ClF7N2OS. The van der Waals surface area contributed by atoms with Crippen LogP contribution in [0.3, 0.4) is 0 Å². The van der Waals surface area contributed by atoms with Gasteiger partial charge in [0.1, 0.15) is 17.0 Å². The quantitative estimate of drug-likeness (QED) is 0.368. The molecule has 0 unspecified atom stereocenters. The Bertz CT molecular complexity index is 876. The summed E-state index contributed by atoms with van der Waals surface area (Å²) < 4.78 is 97.7. The van der Waals surface area contributed by atoms with Crippen LogP contribution in [-0.2, 0) is 6.18 Å². The number of methoxy groups -OCH3 is 1. The van der Waals surface area contributed by atoms with Gasteiger partial charge in [-0.1, -0.05) is 11.6 Å². The van der Waals surface area contributed by atoms with Gasteiger partial charge in [-0.25, -0.2) is 17.6 Å². The van der Waals surface area contributed by atoms with E-state index in [0.717, 1.165) is 0 Å². The molecule has 27 heavy (non-hydrogen) atoms. The van der Waals surface area contributed by atoms with Crippen molar-refractivity contribution in [1.29, 1.82) is 0 Å². The first kappa shape index (κ1) is 21.0. The van der Waals surface area contributed by atoms with E-state index >= 15 is 0 Å². The molecule has 0 aromatic heterocycles. The van der Waals surface area contributed by atoms with Gasteiger partial charge in [0.2, 0.25) is 0 Å². The third-order valence-corrected chi connectivity index (χ3v) is 3.63. The van der Waals surface area contributed by atoms with E-state index in [4.69, 9.17) is 28.6 Å². The SMILES string of the molecule is COc1ccc(Cl)cc1NC(=S)Nc1c(F)c(F)c(C(F)(F)F)c(F)c1F. The number of hydrogen-bond acceptors (Lipinski definition) is 2. The number of rotatable bonds is 3. The van der Waals surface area contributed by atoms with Gasteiger partial charge in [0, 0.05) is 5.02 Å². The maximum absolute atomic E-state index is 13.9. The molecule has 2 rings (SSSR count). The van der Waals surface area contributed by atoms with E-state index in [-0.39, 0.29) is 16.5 Å². The molecule has 0 heterocycles. The molecule has 0 aliphatic carbocycles. The van der Waals surface area contributed by atoms with Crippen LogP contribution in [0, 0.1) is 23.3 Å². The highest BCUT2D eigenvalue weighted by Crippen LogP contribution is 2.38.